The Hall–Kier alpha value is -1.31. The summed E-state index contributed by atoms with van der Waals surface area (Å²) in [5.41, 5.74) is 1.19. The molecule has 0 saturated heterocycles. The molecular formula is C24H35FO. The van der Waals surface area contributed by atoms with E-state index in [1.54, 1.807) is 6.07 Å². The largest absolute Gasteiger partial charge is 0.491 e. The number of hydrogen-bond donors (Lipinski definition) is 0. The Bertz CT molecular complexity index is 586. The van der Waals surface area contributed by atoms with Crippen LogP contribution in [0.5, 0.6) is 5.75 Å². The van der Waals surface area contributed by atoms with E-state index in [0.717, 1.165) is 11.8 Å². The summed E-state index contributed by atoms with van der Waals surface area (Å²) < 4.78 is 19.9. The molecule has 3 rings (SSSR count). The Morgan fingerprint density at radius 2 is 1.85 bits per heavy atom. The topological polar surface area (TPSA) is 9.23 Å². The highest BCUT2D eigenvalue weighted by Crippen LogP contribution is 2.44. The average molecular weight is 359 g/mol. The van der Waals surface area contributed by atoms with Crippen molar-refractivity contribution in [2.45, 2.75) is 77.6 Å². The van der Waals surface area contributed by atoms with Gasteiger partial charge < -0.3 is 4.74 Å². The van der Waals surface area contributed by atoms with Gasteiger partial charge in [-0.15, -0.1) is 0 Å². The van der Waals surface area contributed by atoms with Gasteiger partial charge in [-0.25, -0.2) is 4.39 Å². The molecule has 1 fully saturated rings. The van der Waals surface area contributed by atoms with E-state index in [1.807, 2.05) is 13.0 Å². The smallest absolute Gasteiger partial charge is 0.165 e. The lowest BCUT2D eigenvalue weighted by Gasteiger charge is -2.36. The molecule has 2 aliphatic carbocycles. The minimum absolute atomic E-state index is 0.194. The van der Waals surface area contributed by atoms with E-state index in [-0.39, 0.29) is 5.82 Å². The third kappa shape index (κ3) is 4.90. The molecule has 0 aliphatic heterocycles. The third-order valence-corrected chi connectivity index (χ3v) is 6.69. The zero-order valence-electron chi connectivity index (χ0n) is 16.6. The van der Waals surface area contributed by atoms with Gasteiger partial charge in [-0.05, 0) is 86.8 Å². The fraction of sp³-hybridized carbons (Fsp3) is 0.667. The molecule has 26 heavy (non-hydrogen) atoms. The van der Waals surface area contributed by atoms with Crippen molar-refractivity contribution in [3.8, 4) is 5.75 Å². The standard InChI is InChI=1S/C24H35FO/c1-3-18-10-12-20(13-11-18)22(16-19-8-6-5-7-9-19)21-14-15-24(26-4-2)23(25)17-21/h5-6,14-15,17-20,22H,3-4,7-13,16H2,1-2H3. The van der Waals surface area contributed by atoms with Crippen molar-refractivity contribution in [2.24, 2.45) is 17.8 Å². The van der Waals surface area contributed by atoms with Crippen LogP contribution in [0, 0.1) is 23.6 Å². The maximum absolute atomic E-state index is 14.5. The number of halogens is 1. The lowest BCUT2D eigenvalue weighted by molar-refractivity contribution is 0.215. The van der Waals surface area contributed by atoms with Gasteiger partial charge in [0.1, 0.15) is 0 Å². The monoisotopic (exact) mass is 358 g/mol. The number of benzene rings is 1. The van der Waals surface area contributed by atoms with Crippen LogP contribution >= 0.6 is 0 Å². The van der Waals surface area contributed by atoms with Gasteiger partial charge in [0, 0.05) is 0 Å². The van der Waals surface area contributed by atoms with Crippen LogP contribution in [-0.2, 0) is 0 Å². The van der Waals surface area contributed by atoms with Crippen LogP contribution in [0.2, 0.25) is 0 Å². The van der Waals surface area contributed by atoms with Gasteiger partial charge in [-0.1, -0.05) is 44.4 Å². The Morgan fingerprint density at radius 1 is 1.04 bits per heavy atom. The zero-order valence-corrected chi connectivity index (χ0v) is 16.6. The Kier molecular flexibility index (Phi) is 7.16. The summed E-state index contributed by atoms with van der Waals surface area (Å²) in [6.45, 7) is 4.73. The predicted octanol–water partition coefficient (Wildman–Crippen LogP) is 7.27. The molecule has 0 amide bonds. The highest BCUT2D eigenvalue weighted by Gasteiger charge is 2.30. The molecule has 2 aliphatic rings. The van der Waals surface area contributed by atoms with Crippen molar-refractivity contribution < 1.29 is 9.13 Å². The van der Waals surface area contributed by atoms with E-state index in [1.165, 1.54) is 63.4 Å². The average Bonchev–Trinajstić information content (AvgIpc) is 2.69. The van der Waals surface area contributed by atoms with E-state index in [2.05, 4.69) is 25.1 Å². The summed E-state index contributed by atoms with van der Waals surface area (Å²) in [4.78, 5) is 0. The summed E-state index contributed by atoms with van der Waals surface area (Å²) in [5.74, 6) is 3.06. The molecular weight excluding hydrogens is 323 g/mol. The molecule has 1 saturated carbocycles. The number of hydrogen-bond acceptors (Lipinski definition) is 1. The molecule has 0 aromatic heterocycles. The van der Waals surface area contributed by atoms with Gasteiger partial charge in [0.05, 0.1) is 6.61 Å². The lowest BCUT2D eigenvalue weighted by Crippen LogP contribution is -2.23. The van der Waals surface area contributed by atoms with E-state index in [9.17, 15) is 4.39 Å². The molecule has 1 aromatic rings. The molecule has 2 atom stereocenters. The Balaban J connectivity index is 1.77. The van der Waals surface area contributed by atoms with E-state index in [4.69, 9.17) is 4.74 Å². The van der Waals surface area contributed by atoms with Gasteiger partial charge in [0.25, 0.3) is 0 Å². The fourth-order valence-electron chi connectivity index (χ4n) is 5.05. The van der Waals surface area contributed by atoms with Crippen LogP contribution in [-0.4, -0.2) is 6.61 Å². The van der Waals surface area contributed by atoms with Gasteiger partial charge in [-0.2, -0.15) is 0 Å². The van der Waals surface area contributed by atoms with Crippen LogP contribution in [0.1, 0.15) is 83.1 Å². The van der Waals surface area contributed by atoms with Crippen molar-refractivity contribution in [2.75, 3.05) is 6.61 Å². The third-order valence-electron chi connectivity index (χ3n) is 6.69. The highest BCUT2D eigenvalue weighted by atomic mass is 19.1. The van der Waals surface area contributed by atoms with Crippen LogP contribution in [0.3, 0.4) is 0 Å². The zero-order chi connectivity index (χ0) is 18.4. The second kappa shape index (κ2) is 9.58. The number of ether oxygens (including phenoxy) is 1. The highest BCUT2D eigenvalue weighted by molar-refractivity contribution is 5.32. The summed E-state index contributed by atoms with van der Waals surface area (Å²) in [7, 11) is 0. The second-order valence-corrected chi connectivity index (χ2v) is 8.30. The number of allylic oxidation sites excluding steroid dienone is 2. The van der Waals surface area contributed by atoms with Gasteiger partial charge in [0.15, 0.2) is 11.6 Å². The maximum Gasteiger partial charge on any atom is 0.165 e. The summed E-state index contributed by atoms with van der Waals surface area (Å²) in [6.07, 6.45) is 16.2. The van der Waals surface area contributed by atoms with E-state index >= 15 is 0 Å². The molecule has 144 valence electrons. The number of rotatable bonds is 7. The predicted molar refractivity (Wildman–Crippen MR) is 107 cm³/mol. The first-order valence-electron chi connectivity index (χ1n) is 10.8. The molecule has 2 heteroatoms. The molecule has 0 heterocycles. The van der Waals surface area contributed by atoms with Crippen molar-refractivity contribution in [1.82, 2.24) is 0 Å². The summed E-state index contributed by atoms with van der Waals surface area (Å²) >= 11 is 0. The minimum atomic E-state index is -0.194. The van der Waals surface area contributed by atoms with Crippen molar-refractivity contribution in [3.05, 3.63) is 41.7 Å². The Morgan fingerprint density at radius 3 is 2.46 bits per heavy atom. The Labute approximate surface area is 159 Å². The first kappa shape index (κ1) is 19.5. The normalized spacial score (nSPS) is 27.3. The first-order valence-corrected chi connectivity index (χ1v) is 10.8. The minimum Gasteiger partial charge on any atom is -0.491 e. The summed E-state index contributed by atoms with van der Waals surface area (Å²) in [6, 6.07) is 5.74. The van der Waals surface area contributed by atoms with E-state index in [0.29, 0.717) is 24.2 Å². The lowest BCUT2D eigenvalue weighted by atomic mass is 9.69. The molecule has 1 nitrogen and oxygen atoms in total. The SMILES string of the molecule is CCOc1ccc(C(CC2CC=CCC2)C2CCC(CC)CC2)cc1F. The van der Waals surface area contributed by atoms with Gasteiger partial charge in [-0.3, -0.25) is 0 Å². The van der Waals surface area contributed by atoms with E-state index < -0.39 is 0 Å². The molecule has 0 radical (unpaired) electrons. The van der Waals surface area contributed by atoms with Crippen LogP contribution in [0.25, 0.3) is 0 Å². The van der Waals surface area contributed by atoms with Crippen LogP contribution < -0.4 is 4.74 Å². The van der Waals surface area contributed by atoms with Gasteiger partial charge in [0.2, 0.25) is 0 Å². The maximum atomic E-state index is 14.5. The van der Waals surface area contributed by atoms with Crippen LogP contribution in [0.4, 0.5) is 4.39 Å². The second-order valence-electron chi connectivity index (χ2n) is 8.30. The molecule has 0 spiro atoms. The molecule has 0 N–H and O–H groups in total. The summed E-state index contributed by atoms with van der Waals surface area (Å²) in [5, 5.41) is 0. The fourth-order valence-corrected chi connectivity index (χ4v) is 5.05. The quantitative estimate of drug-likeness (QED) is 0.466. The molecule has 0 bridgehead atoms. The van der Waals surface area contributed by atoms with Crippen molar-refractivity contribution in [3.63, 3.8) is 0 Å². The molecule has 2 unspecified atom stereocenters. The first-order chi connectivity index (χ1) is 12.7. The molecule has 1 aromatic carbocycles. The van der Waals surface area contributed by atoms with Gasteiger partial charge >= 0.3 is 0 Å². The van der Waals surface area contributed by atoms with Crippen molar-refractivity contribution >= 4 is 0 Å². The van der Waals surface area contributed by atoms with Crippen LogP contribution in [0.15, 0.2) is 30.4 Å². The van der Waals surface area contributed by atoms with Crippen molar-refractivity contribution in [1.29, 1.82) is 0 Å².